The molecule has 0 saturated heterocycles. The van der Waals surface area contributed by atoms with E-state index in [0.717, 1.165) is 64.2 Å². The van der Waals surface area contributed by atoms with Crippen molar-refractivity contribution in [2.45, 2.75) is 386 Å². The van der Waals surface area contributed by atoms with Crippen molar-refractivity contribution in [1.82, 2.24) is 0 Å². The molecule has 0 aliphatic heterocycles. The number of hydrogen-bond donors (Lipinski definition) is 0. The maximum atomic E-state index is 12.9. The van der Waals surface area contributed by atoms with Gasteiger partial charge in [0.05, 0.1) is 0 Å². The van der Waals surface area contributed by atoms with Crippen LogP contribution in [0, 0.1) is 0 Å². The van der Waals surface area contributed by atoms with Crippen LogP contribution in [0.4, 0.5) is 0 Å². The zero-order valence-corrected chi connectivity index (χ0v) is 50.8. The fourth-order valence-electron chi connectivity index (χ4n) is 10.4. The number of ether oxygens (including phenoxy) is 3. The molecule has 0 aromatic heterocycles. The Morgan fingerprint density at radius 2 is 0.480 bits per heavy atom. The molecule has 0 fully saturated rings. The summed E-state index contributed by atoms with van der Waals surface area (Å²) < 4.78 is 16.9. The van der Waals surface area contributed by atoms with E-state index < -0.39 is 6.10 Å². The van der Waals surface area contributed by atoms with Crippen LogP contribution in [0.5, 0.6) is 0 Å². The number of allylic oxidation sites excluding steroid dienone is 4. The molecule has 0 heterocycles. The van der Waals surface area contributed by atoms with Gasteiger partial charge in [-0.15, -0.1) is 0 Å². The number of carbonyl (C=O) groups is 3. The molecule has 0 amide bonds. The van der Waals surface area contributed by atoms with E-state index in [9.17, 15) is 14.4 Å². The fourth-order valence-corrected chi connectivity index (χ4v) is 10.4. The molecule has 0 aromatic rings. The van der Waals surface area contributed by atoms with E-state index in [1.807, 2.05) is 0 Å². The van der Waals surface area contributed by atoms with Gasteiger partial charge in [-0.3, -0.25) is 14.4 Å². The van der Waals surface area contributed by atoms with Crippen LogP contribution in [0.15, 0.2) is 24.3 Å². The summed E-state index contributed by atoms with van der Waals surface area (Å²) in [6, 6.07) is 0. The van der Waals surface area contributed by atoms with Gasteiger partial charge in [0, 0.05) is 19.3 Å². The molecular weight excluding hydrogens is 925 g/mol. The van der Waals surface area contributed by atoms with Crippen molar-refractivity contribution >= 4 is 17.9 Å². The predicted octanol–water partition coefficient (Wildman–Crippen LogP) is 23.0. The lowest BCUT2D eigenvalue weighted by Gasteiger charge is -2.18. The Hall–Kier alpha value is -2.11. The van der Waals surface area contributed by atoms with E-state index in [0.29, 0.717) is 19.3 Å². The molecule has 0 aliphatic carbocycles. The quantitative estimate of drug-likeness (QED) is 0.0261. The molecule has 442 valence electrons. The van der Waals surface area contributed by atoms with Gasteiger partial charge < -0.3 is 14.2 Å². The van der Waals surface area contributed by atoms with Gasteiger partial charge in [0.25, 0.3) is 0 Å². The van der Waals surface area contributed by atoms with Gasteiger partial charge in [-0.1, -0.05) is 334 Å². The van der Waals surface area contributed by atoms with Crippen molar-refractivity contribution in [2.75, 3.05) is 13.2 Å². The zero-order valence-electron chi connectivity index (χ0n) is 50.8. The van der Waals surface area contributed by atoms with Crippen molar-refractivity contribution in [3.05, 3.63) is 24.3 Å². The molecule has 6 heteroatoms. The largest absolute Gasteiger partial charge is 0.462 e. The molecule has 0 rings (SSSR count). The standard InChI is InChI=1S/C69H130O6/c1-4-7-10-13-16-19-21-23-25-27-29-31-33-34-35-36-37-39-40-42-44-46-48-50-53-56-59-62-68(71)74-65-66(64-73-67(70)61-58-55-52-18-15-12-9-6-3)75-69(72)63-60-57-54-51-49-47-45-43-41-38-32-30-28-26-24-22-20-17-14-11-8-5-2/h21,23,27,29,66H,4-20,22,24-26,28,30-65H2,1-3H3/b23-21-,29-27-. The summed E-state index contributed by atoms with van der Waals surface area (Å²) in [5.74, 6) is -0.841. The van der Waals surface area contributed by atoms with Gasteiger partial charge in [-0.2, -0.15) is 0 Å². The summed E-state index contributed by atoms with van der Waals surface area (Å²) in [4.78, 5) is 38.2. The average Bonchev–Trinajstić information content (AvgIpc) is 3.41. The Bertz CT molecular complexity index is 1210. The first-order valence-electron chi connectivity index (χ1n) is 33.8. The Morgan fingerprint density at radius 3 is 0.733 bits per heavy atom. The predicted molar refractivity (Wildman–Crippen MR) is 326 cm³/mol. The number of hydrogen-bond acceptors (Lipinski definition) is 6. The first kappa shape index (κ1) is 72.9. The Labute approximate surface area is 468 Å². The van der Waals surface area contributed by atoms with Crippen LogP contribution < -0.4 is 0 Å². The topological polar surface area (TPSA) is 78.9 Å². The number of unbranched alkanes of at least 4 members (excludes halogenated alkanes) is 48. The van der Waals surface area contributed by atoms with E-state index in [2.05, 4.69) is 45.1 Å². The molecule has 1 atom stereocenters. The Morgan fingerprint density at radius 1 is 0.267 bits per heavy atom. The lowest BCUT2D eigenvalue weighted by molar-refractivity contribution is -0.167. The molecule has 0 aromatic carbocycles. The molecule has 0 radical (unpaired) electrons. The van der Waals surface area contributed by atoms with E-state index in [4.69, 9.17) is 14.2 Å². The molecule has 6 nitrogen and oxygen atoms in total. The van der Waals surface area contributed by atoms with E-state index >= 15 is 0 Å². The minimum absolute atomic E-state index is 0.0649. The third kappa shape index (κ3) is 62.6. The normalized spacial score (nSPS) is 12.1. The van der Waals surface area contributed by atoms with Crippen molar-refractivity contribution in [1.29, 1.82) is 0 Å². The first-order valence-corrected chi connectivity index (χ1v) is 33.8. The lowest BCUT2D eigenvalue weighted by atomic mass is 10.0. The van der Waals surface area contributed by atoms with Crippen LogP contribution in [-0.2, 0) is 28.6 Å². The maximum Gasteiger partial charge on any atom is 0.306 e. The Kier molecular flexibility index (Phi) is 62.6. The van der Waals surface area contributed by atoms with Crippen LogP contribution in [-0.4, -0.2) is 37.2 Å². The molecular formula is C69H130O6. The van der Waals surface area contributed by atoms with Crippen molar-refractivity contribution in [2.24, 2.45) is 0 Å². The average molecular weight is 1060 g/mol. The third-order valence-corrected chi connectivity index (χ3v) is 15.5. The van der Waals surface area contributed by atoms with Gasteiger partial charge in [-0.25, -0.2) is 0 Å². The number of carbonyl (C=O) groups excluding carboxylic acids is 3. The highest BCUT2D eigenvalue weighted by atomic mass is 16.6. The minimum atomic E-state index is -0.765. The van der Waals surface area contributed by atoms with E-state index in [1.54, 1.807) is 0 Å². The molecule has 0 saturated carbocycles. The molecule has 0 aliphatic rings. The number of esters is 3. The fraction of sp³-hybridized carbons (Fsp3) is 0.899. The van der Waals surface area contributed by atoms with Crippen molar-refractivity contribution in [3.8, 4) is 0 Å². The second kappa shape index (κ2) is 64.4. The first-order chi connectivity index (χ1) is 37.0. The molecule has 0 N–H and O–H groups in total. The lowest BCUT2D eigenvalue weighted by Crippen LogP contribution is -2.30. The van der Waals surface area contributed by atoms with E-state index in [1.165, 1.54) is 276 Å². The summed E-state index contributed by atoms with van der Waals surface area (Å²) in [7, 11) is 0. The summed E-state index contributed by atoms with van der Waals surface area (Å²) in [6.45, 7) is 6.67. The van der Waals surface area contributed by atoms with Gasteiger partial charge in [0.15, 0.2) is 6.10 Å². The SMILES string of the molecule is CCCCCCC/C=C\C/C=C\CCCCCCCCCCCCCCCCCC(=O)OCC(COC(=O)CCCCCCCCCC)OC(=O)CCCCCCCCCCCCCCCCCCCCCCCC. The minimum Gasteiger partial charge on any atom is -0.462 e. The molecule has 0 bridgehead atoms. The van der Waals surface area contributed by atoms with Crippen LogP contribution in [0.1, 0.15) is 380 Å². The monoisotopic (exact) mass is 1050 g/mol. The third-order valence-electron chi connectivity index (χ3n) is 15.5. The summed E-state index contributed by atoms with van der Waals surface area (Å²) >= 11 is 0. The van der Waals surface area contributed by atoms with Crippen LogP contribution in [0.2, 0.25) is 0 Å². The second-order valence-electron chi connectivity index (χ2n) is 23.1. The Balaban J connectivity index is 4.08. The van der Waals surface area contributed by atoms with Crippen molar-refractivity contribution < 1.29 is 28.6 Å². The van der Waals surface area contributed by atoms with Crippen molar-refractivity contribution in [3.63, 3.8) is 0 Å². The molecule has 75 heavy (non-hydrogen) atoms. The highest BCUT2D eigenvalue weighted by molar-refractivity contribution is 5.71. The molecule has 1 unspecified atom stereocenters. The van der Waals surface area contributed by atoms with Crippen LogP contribution in [0.25, 0.3) is 0 Å². The second-order valence-corrected chi connectivity index (χ2v) is 23.1. The maximum absolute atomic E-state index is 12.9. The van der Waals surface area contributed by atoms with E-state index in [-0.39, 0.29) is 31.1 Å². The highest BCUT2D eigenvalue weighted by Crippen LogP contribution is 2.18. The molecule has 0 spiro atoms. The van der Waals surface area contributed by atoms with Gasteiger partial charge >= 0.3 is 17.9 Å². The van der Waals surface area contributed by atoms with Crippen LogP contribution >= 0.6 is 0 Å². The summed E-state index contributed by atoms with van der Waals surface area (Å²) in [5, 5.41) is 0. The van der Waals surface area contributed by atoms with Gasteiger partial charge in [-0.05, 0) is 51.4 Å². The van der Waals surface area contributed by atoms with Gasteiger partial charge in [0.2, 0.25) is 0 Å². The smallest absolute Gasteiger partial charge is 0.306 e. The summed E-state index contributed by atoms with van der Waals surface area (Å²) in [6.07, 6.45) is 77.9. The van der Waals surface area contributed by atoms with Crippen LogP contribution in [0.3, 0.4) is 0 Å². The zero-order chi connectivity index (χ0) is 54.3. The summed E-state index contributed by atoms with van der Waals surface area (Å²) in [5.41, 5.74) is 0. The van der Waals surface area contributed by atoms with Gasteiger partial charge in [0.1, 0.15) is 13.2 Å². The number of rotatable bonds is 63. The highest BCUT2D eigenvalue weighted by Gasteiger charge is 2.19.